The van der Waals surface area contributed by atoms with Gasteiger partial charge in [-0.2, -0.15) is 0 Å². The maximum Gasteiger partial charge on any atom is 0.339 e. The average molecular weight is 467 g/mol. The number of benzene rings is 2. The van der Waals surface area contributed by atoms with Crippen molar-refractivity contribution < 1.29 is 32.3 Å². The van der Waals surface area contributed by atoms with Gasteiger partial charge in [0.15, 0.2) is 0 Å². The first-order valence-electron chi connectivity index (χ1n) is 9.21. The molecule has 0 aromatic heterocycles. The summed E-state index contributed by atoms with van der Waals surface area (Å²) in [5.74, 6) is -1.31. The molecule has 2 amide bonds. The van der Waals surface area contributed by atoms with Gasteiger partial charge in [0, 0.05) is 12.8 Å². The lowest BCUT2D eigenvalue weighted by Crippen LogP contribution is -2.29. The number of sulfonamides is 1. The maximum absolute atomic E-state index is 12.9. The van der Waals surface area contributed by atoms with Crippen molar-refractivity contribution in [3.05, 3.63) is 47.0 Å². The fourth-order valence-electron chi connectivity index (χ4n) is 3.02. The third-order valence-corrected chi connectivity index (χ3v) is 6.16. The number of amides is 2. The molecule has 2 aromatic rings. The molecule has 9 nitrogen and oxygen atoms in total. The third kappa shape index (κ3) is 4.64. The lowest BCUT2D eigenvalue weighted by atomic mass is 10.2. The van der Waals surface area contributed by atoms with Crippen LogP contribution in [0, 0.1) is 0 Å². The van der Waals surface area contributed by atoms with Gasteiger partial charge >= 0.3 is 5.97 Å². The standard InChI is InChI=1S/C20H19ClN2O7S/c1-3-30-20(26)14-6-4-12(10-15(14)21)22-31(27,28)13-5-7-17(29-2)16(11-13)23-18(24)8-9-19(23)25/h4-7,10-11,22H,3,8-9H2,1-2H3. The molecule has 0 unspecified atom stereocenters. The first kappa shape index (κ1) is 22.6. The number of ether oxygens (including phenoxy) is 2. The Balaban J connectivity index is 1.93. The largest absolute Gasteiger partial charge is 0.495 e. The molecule has 11 heteroatoms. The van der Waals surface area contributed by atoms with Gasteiger partial charge < -0.3 is 9.47 Å². The van der Waals surface area contributed by atoms with Crippen molar-refractivity contribution in [1.29, 1.82) is 0 Å². The highest BCUT2D eigenvalue weighted by atomic mass is 35.5. The number of carbonyl (C=O) groups is 3. The molecule has 0 bridgehead atoms. The molecule has 1 aliphatic heterocycles. The van der Waals surface area contributed by atoms with Crippen LogP contribution in [0.2, 0.25) is 5.02 Å². The smallest absolute Gasteiger partial charge is 0.339 e. The third-order valence-electron chi connectivity index (χ3n) is 4.47. The summed E-state index contributed by atoms with van der Waals surface area (Å²) < 4.78 is 38.2. The van der Waals surface area contributed by atoms with Gasteiger partial charge in [0.25, 0.3) is 10.0 Å². The Morgan fingerprint density at radius 1 is 1.13 bits per heavy atom. The number of carbonyl (C=O) groups excluding carboxylic acids is 3. The summed E-state index contributed by atoms with van der Waals surface area (Å²) in [5, 5.41) is 0.0160. The minimum atomic E-state index is -4.12. The van der Waals surface area contributed by atoms with Crippen molar-refractivity contribution in [3.63, 3.8) is 0 Å². The zero-order valence-corrected chi connectivity index (χ0v) is 18.2. The van der Waals surface area contributed by atoms with E-state index >= 15 is 0 Å². The van der Waals surface area contributed by atoms with E-state index in [-0.39, 0.29) is 52.1 Å². The summed E-state index contributed by atoms with van der Waals surface area (Å²) in [4.78, 5) is 36.8. The number of nitrogens with one attached hydrogen (secondary N) is 1. The Morgan fingerprint density at radius 3 is 2.39 bits per heavy atom. The highest BCUT2D eigenvalue weighted by Gasteiger charge is 2.33. The second kappa shape index (κ2) is 8.94. The van der Waals surface area contributed by atoms with Crippen molar-refractivity contribution >= 4 is 50.8 Å². The molecule has 0 spiro atoms. The zero-order valence-electron chi connectivity index (χ0n) is 16.7. The monoisotopic (exact) mass is 466 g/mol. The van der Waals surface area contributed by atoms with Crippen LogP contribution in [0.3, 0.4) is 0 Å². The highest BCUT2D eigenvalue weighted by Crippen LogP contribution is 2.35. The van der Waals surface area contributed by atoms with E-state index in [1.165, 1.54) is 43.5 Å². The average Bonchev–Trinajstić information content (AvgIpc) is 3.05. The Hall–Kier alpha value is -3.11. The van der Waals surface area contributed by atoms with E-state index in [9.17, 15) is 22.8 Å². The molecule has 0 atom stereocenters. The molecular weight excluding hydrogens is 448 g/mol. The fraction of sp³-hybridized carbons (Fsp3) is 0.250. The van der Waals surface area contributed by atoms with E-state index in [2.05, 4.69) is 4.72 Å². The topological polar surface area (TPSA) is 119 Å². The molecule has 1 saturated heterocycles. The van der Waals surface area contributed by atoms with Gasteiger partial charge in [-0.1, -0.05) is 11.6 Å². The van der Waals surface area contributed by atoms with Crippen LogP contribution in [0.4, 0.5) is 11.4 Å². The van der Waals surface area contributed by atoms with Crippen LogP contribution in [0.15, 0.2) is 41.3 Å². The molecule has 31 heavy (non-hydrogen) atoms. The molecule has 0 saturated carbocycles. The number of nitrogens with zero attached hydrogens (tertiary/aromatic N) is 1. The molecule has 1 heterocycles. The summed E-state index contributed by atoms with van der Waals surface area (Å²) in [6.45, 7) is 1.83. The van der Waals surface area contributed by atoms with Crippen molar-refractivity contribution in [2.75, 3.05) is 23.3 Å². The Labute approximate surface area is 183 Å². The zero-order chi connectivity index (χ0) is 22.8. The van der Waals surface area contributed by atoms with E-state index in [0.29, 0.717) is 0 Å². The number of hydrogen-bond donors (Lipinski definition) is 1. The van der Waals surface area contributed by atoms with Gasteiger partial charge in [-0.25, -0.2) is 18.1 Å². The Bertz CT molecular complexity index is 1150. The summed E-state index contributed by atoms with van der Waals surface area (Å²) in [6, 6.07) is 7.83. The Kier molecular flexibility index (Phi) is 6.51. The minimum absolute atomic E-state index is 0.0160. The van der Waals surface area contributed by atoms with Gasteiger partial charge in [0.1, 0.15) is 5.75 Å². The lowest BCUT2D eigenvalue weighted by Gasteiger charge is -2.18. The molecule has 3 rings (SSSR count). The van der Waals surface area contributed by atoms with Crippen molar-refractivity contribution in [2.24, 2.45) is 0 Å². The summed E-state index contributed by atoms with van der Waals surface area (Å²) in [5.41, 5.74) is 0.265. The molecule has 1 aliphatic rings. The van der Waals surface area contributed by atoms with Crippen LogP contribution in [-0.2, 0) is 24.3 Å². The first-order chi connectivity index (χ1) is 14.7. The van der Waals surface area contributed by atoms with E-state index in [1.807, 2.05) is 0 Å². The second-order valence-electron chi connectivity index (χ2n) is 6.48. The van der Waals surface area contributed by atoms with Crippen molar-refractivity contribution in [2.45, 2.75) is 24.7 Å². The van der Waals surface area contributed by atoms with E-state index in [4.69, 9.17) is 21.1 Å². The number of hydrogen-bond acceptors (Lipinski definition) is 7. The van der Waals surface area contributed by atoms with Gasteiger partial charge in [0.05, 0.1) is 40.6 Å². The molecule has 164 valence electrons. The molecule has 0 aliphatic carbocycles. The molecule has 1 N–H and O–H groups in total. The van der Waals surface area contributed by atoms with E-state index in [0.717, 1.165) is 4.90 Å². The van der Waals surface area contributed by atoms with Crippen LogP contribution >= 0.6 is 11.6 Å². The predicted octanol–water partition coefficient (Wildman–Crippen LogP) is 2.98. The second-order valence-corrected chi connectivity index (χ2v) is 8.57. The van der Waals surface area contributed by atoms with Crippen LogP contribution in [0.1, 0.15) is 30.1 Å². The fourth-order valence-corrected chi connectivity index (χ4v) is 4.35. The van der Waals surface area contributed by atoms with Crippen LogP contribution in [0.5, 0.6) is 5.75 Å². The highest BCUT2D eigenvalue weighted by molar-refractivity contribution is 7.92. The molecule has 1 fully saturated rings. The summed E-state index contributed by atoms with van der Waals surface area (Å²) >= 11 is 6.08. The minimum Gasteiger partial charge on any atom is -0.495 e. The number of anilines is 2. The number of methoxy groups -OCH3 is 1. The van der Waals surface area contributed by atoms with Gasteiger partial charge in [-0.3, -0.25) is 14.3 Å². The van der Waals surface area contributed by atoms with E-state index in [1.54, 1.807) is 6.92 Å². The van der Waals surface area contributed by atoms with Crippen LogP contribution in [0.25, 0.3) is 0 Å². The van der Waals surface area contributed by atoms with Crippen LogP contribution < -0.4 is 14.4 Å². The first-order valence-corrected chi connectivity index (χ1v) is 11.1. The normalized spacial score (nSPS) is 14.0. The number of halogens is 1. The summed E-state index contributed by atoms with van der Waals surface area (Å²) in [6.07, 6.45) is 0.0884. The van der Waals surface area contributed by atoms with Gasteiger partial charge in [-0.15, -0.1) is 0 Å². The predicted molar refractivity (Wildman–Crippen MR) is 113 cm³/mol. The SMILES string of the molecule is CCOC(=O)c1ccc(NS(=O)(=O)c2ccc(OC)c(N3C(=O)CCC3=O)c2)cc1Cl. The van der Waals surface area contributed by atoms with Gasteiger partial charge in [-0.05, 0) is 43.3 Å². The quantitative estimate of drug-likeness (QED) is 0.492. The number of imide groups is 1. The number of esters is 1. The molecular formula is C20H19ClN2O7S. The van der Waals surface area contributed by atoms with Crippen LogP contribution in [-0.4, -0.2) is 39.9 Å². The van der Waals surface area contributed by atoms with Crippen molar-refractivity contribution in [3.8, 4) is 5.75 Å². The molecule has 2 aromatic carbocycles. The van der Waals surface area contributed by atoms with E-state index < -0.39 is 27.8 Å². The lowest BCUT2D eigenvalue weighted by molar-refractivity contribution is -0.121. The van der Waals surface area contributed by atoms with Gasteiger partial charge in [0.2, 0.25) is 11.8 Å². The number of rotatable bonds is 7. The Morgan fingerprint density at radius 2 is 1.81 bits per heavy atom. The maximum atomic E-state index is 12.9. The molecule has 0 radical (unpaired) electrons. The summed E-state index contributed by atoms with van der Waals surface area (Å²) in [7, 11) is -2.76. The van der Waals surface area contributed by atoms with Crippen molar-refractivity contribution in [1.82, 2.24) is 0 Å².